The first-order chi connectivity index (χ1) is 18.8. The fraction of sp³-hybridized carbons (Fsp3) is 0.310. The second-order valence-corrected chi connectivity index (χ2v) is 10.1. The van der Waals surface area contributed by atoms with Crippen LogP contribution in [-0.2, 0) is 5.92 Å². The van der Waals surface area contributed by atoms with Crippen molar-refractivity contribution >= 4 is 17.8 Å². The summed E-state index contributed by atoms with van der Waals surface area (Å²) in [5, 5.41) is 11.7. The molecule has 1 amide bonds. The first-order valence-electron chi connectivity index (χ1n) is 12.8. The Morgan fingerprint density at radius 3 is 2.77 bits per heavy atom. The molecule has 2 N–H and O–H groups in total. The molecule has 1 unspecified atom stereocenters. The normalized spacial score (nSPS) is 23.4. The van der Waals surface area contributed by atoms with Gasteiger partial charge in [-0.15, -0.1) is 0 Å². The number of anilines is 1. The van der Waals surface area contributed by atoms with Gasteiger partial charge in [0, 0.05) is 67.9 Å². The van der Waals surface area contributed by atoms with E-state index >= 15 is 8.78 Å². The third kappa shape index (κ3) is 4.91. The average Bonchev–Trinajstić information content (AvgIpc) is 3.46. The van der Waals surface area contributed by atoms with Crippen LogP contribution in [0.15, 0.2) is 65.5 Å². The van der Waals surface area contributed by atoms with E-state index in [2.05, 4.69) is 37.4 Å². The Bertz CT molecular complexity index is 1470. The number of nitrogens with zero attached hydrogens (tertiary/aromatic N) is 4. The number of amides is 1. The topological polar surface area (TPSA) is 63.2 Å². The molecule has 4 aliphatic rings. The number of hydrogen-bond acceptors (Lipinski definition) is 6. The van der Waals surface area contributed by atoms with Crippen molar-refractivity contribution in [1.82, 2.24) is 20.1 Å². The third-order valence-electron chi connectivity index (χ3n) is 7.52. The summed E-state index contributed by atoms with van der Waals surface area (Å²) in [4.78, 5) is 17.3. The molecule has 2 aromatic rings. The van der Waals surface area contributed by atoms with Crippen LogP contribution in [0.4, 0.5) is 18.9 Å². The molecule has 3 aliphatic heterocycles. The van der Waals surface area contributed by atoms with Crippen molar-refractivity contribution in [3.63, 3.8) is 0 Å². The lowest BCUT2D eigenvalue weighted by molar-refractivity contribution is -0.0257. The number of halogens is 3. The van der Waals surface area contributed by atoms with Crippen molar-refractivity contribution in [1.29, 1.82) is 0 Å². The number of hydrazone groups is 1. The zero-order valence-electron chi connectivity index (χ0n) is 21.3. The average molecular weight is 533 g/mol. The van der Waals surface area contributed by atoms with Gasteiger partial charge in [0.2, 0.25) is 0 Å². The number of carbonyl (C=O) groups is 1. The van der Waals surface area contributed by atoms with Gasteiger partial charge in [-0.3, -0.25) is 9.69 Å². The van der Waals surface area contributed by atoms with E-state index in [4.69, 9.17) is 0 Å². The number of fused-ring (bicyclic) bond motifs is 2. The van der Waals surface area contributed by atoms with Crippen LogP contribution in [0, 0.1) is 17.7 Å². The zero-order valence-corrected chi connectivity index (χ0v) is 21.3. The summed E-state index contributed by atoms with van der Waals surface area (Å²) >= 11 is 0. The fourth-order valence-corrected chi connectivity index (χ4v) is 5.34. The number of likely N-dealkylation sites (N-methyl/N-ethyl adjacent to an activating group) is 1. The summed E-state index contributed by atoms with van der Waals surface area (Å²) in [6.45, 7) is 3.16. The molecule has 2 aromatic carbocycles. The number of piperazine rings is 1. The van der Waals surface area contributed by atoms with E-state index in [-0.39, 0.29) is 41.0 Å². The van der Waals surface area contributed by atoms with Gasteiger partial charge in [0.1, 0.15) is 17.7 Å². The second kappa shape index (κ2) is 9.91. The van der Waals surface area contributed by atoms with E-state index in [1.165, 1.54) is 24.3 Å². The van der Waals surface area contributed by atoms with Crippen LogP contribution in [0.2, 0.25) is 0 Å². The summed E-state index contributed by atoms with van der Waals surface area (Å²) in [6.07, 6.45) is 6.63. The van der Waals surface area contributed by atoms with E-state index < -0.39 is 17.6 Å². The molecule has 0 bridgehead atoms. The zero-order chi connectivity index (χ0) is 27.1. The van der Waals surface area contributed by atoms with Gasteiger partial charge in [0.15, 0.2) is 0 Å². The SMILES string of the molecule is CN1CCN([C@@H]2CC(F)(F)c3cc(NC(=O)c4ccc(F)c(C#CC5=CNC6C=CC=NN56)c4)ccc32)CC1. The monoisotopic (exact) mass is 532 g/mol. The van der Waals surface area contributed by atoms with Crippen LogP contribution in [0.1, 0.15) is 39.5 Å². The standard InChI is InChI=1S/C29H27F3N6O/c1-36-11-13-37(14-12-36)26-17-29(31,32)24-16-21(6-8-23(24)26)35-28(39)20-5-9-25(30)19(15-20)4-7-22-18-33-27-3-2-10-34-38(22)27/h2-3,5-6,8-10,15-16,18,26-27,33H,11-14,17H2,1H3,(H,35,39)/t26-,27?/m1/s1. The minimum Gasteiger partial charge on any atom is -0.364 e. The van der Waals surface area contributed by atoms with Crippen molar-refractivity contribution in [2.75, 3.05) is 38.5 Å². The molecule has 6 rings (SSSR count). The summed E-state index contributed by atoms with van der Waals surface area (Å²) in [5.41, 5.74) is 1.58. The van der Waals surface area contributed by atoms with Crippen molar-refractivity contribution in [2.45, 2.75) is 24.6 Å². The molecule has 1 aliphatic carbocycles. The van der Waals surface area contributed by atoms with E-state index in [0.717, 1.165) is 26.2 Å². The summed E-state index contributed by atoms with van der Waals surface area (Å²) in [5.74, 6) is 1.56. The number of hydrogen-bond donors (Lipinski definition) is 2. The smallest absolute Gasteiger partial charge is 0.275 e. The predicted molar refractivity (Wildman–Crippen MR) is 142 cm³/mol. The van der Waals surface area contributed by atoms with E-state index in [0.29, 0.717) is 11.3 Å². The Balaban J connectivity index is 1.19. The molecule has 2 atom stereocenters. The highest BCUT2D eigenvalue weighted by Gasteiger charge is 2.47. The maximum Gasteiger partial charge on any atom is 0.275 e. The van der Waals surface area contributed by atoms with Crippen LogP contribution in [0.3, 0.4) is 0 Å². The molecule has 0 aromatic heterocycles. The molecule has 1 fully saturated rings. The fourth-order valence-electron chi connectivity index (χ4n) is 5.34. The molecule has 10 heteroatoms. The highest BCUT2D eigenvalue weighted by atomic mass is 19.3. The number of carbonyl (C=O) groups excluding carboxylic acids is 1. The second-order valence-electron chi connectivity index (χ2n) is 10.1. The van der Waals surface area contributed by atoms with Gasteiger partial charge in [-0.05, 0) is 61.0 Å². The molecule has 200 valence electrons. The lowest BCUT2D eigenvalue weighted by Crippen LogP contribution is -2.45. The van der Waals surface area contributed by atoms with Crippen LogP contribution in [0.5, 0.6) is 0 Å². The van der Waals surface area contributed by atoms with Crippen molar-refractivity contribution in [3.05, 3.63) is 88.5 Å². The van der Waals surface area contributed by atoms with Gasteiger partial charge in [0.25, 0.3) is 11.8 Å². The highest BCUT2D eigenvalue weighted by molar-refractivity contribution is 6.04. The minimum absolute atomic E-state index is 0.0408. The maximum atomic E-state index is 15.0. The number of benzene rings is 2. The van der Waals surface area contributed by atoms with Gasteiger partial charge in [0.05, 0.1) is 5.56 Å². The summed E-state index contributed by atoms with van der Waals surface area (Å²) in [6, 6.07) is 8.20. The van der Waals surface area contributed by atoms with E-state index in [1.807, 2.05) is 19.2 Å². The maximum absolute atomic E-state index is 15.0. The number of allylic oxidation sites excluding steroid dienone is 2. The molecule has 39 heavy (non-hydrogen) atoms. The minimum atomic E-state index is -2.99. The molecular formula is C29H27F3N6O. The van der Waals surface area contributed by atoms with Gasteiger partial charge in [-0.1, -0.05) is 12.0 Å². The molecule has 3 heterocycles. The quantitative estimate of drug-likeness (QED) is 0.589. The highest BCUT2D eigenvalue weighted by Crippen LogP contribution is 2.50. The van der Waals surface area contributed by atoms with Gasteiger partial charge in [-0.2, -0.15) is 5.10 Å². The molecule has 7 nitrogen and oxygen atoms in total. The van der Waals surface area contributed by atoms with E-state index in [9.17, 15) is 9.18 Å². The first kappa shape index (κ1) is 25.2. The Morgan fingerprint density at radius 1 is 1.13 bits per heavy atom. The Hall–Kier alpha value is -4.07. The van der Waals surface area contributed by atoms with Crippen molar-refractivity contribution in [2.24, 2.45) is 5.10 Å². The lowest BCUT2D eigenvalue weighted by Gasteiger charge is -2.36. The predicted octanol–water partition coefficient (Wildman–Crippen LogP) is 3.84. The van der Waals surface area contributed by atoms with Crippen LogP contribution in [-0.4, -0.2) is 66.3 Å². The molecule has 0 saturated carbocycles. The summed E-state index contributed by atoms with van der Waals surface area (Å²) in [7, 11) is 2.03. The Kier molecular flexibility index (Phi) is 6.41. The van der Waals surface area contributed by atoms with Gasteiger partial charge in [-0.25, -0.2) is 18.2 Å². The first-order valence-corrected chi connectivity index (χ1v) is 12.8. The number of nitrogens with one attached hydrogen (secondary N) is 2. The number of alkyl halides is 2. The Labute approximate surface area is 224 Å². The molecule has 1 saturated heterocycles. The van der Waals surface area contributed by atoms with Crippen LogP contribution < -0.4 is 10.6 Å². The Morgan fingerprint density at radius 2 is 1.95 bits per heavy atom. The van der Waals surface area contributed by atoms with Crippen molar-refractivity contribution < 1.29 is 18.0 Å². The lowest BCUT2D eigenvalue weighted by atomic mass is 10.0. The van der Waals surface area contributed by atoms with Crippen molar-refractivity contribution in [3.8, 4) is 11.8 Å². The molecular weight excluding hydrogens is 505 g/mol. The number of rotatable bonds is 3. The van der Waals surface area contributed by atoms with Gasteiger partial charge < -0.3 is 15.5 Å². The third-order valence-corrected chi connectivity index (χ3v) is 7.52. The largest absolute Gasteiger partial charge is 0.364 e. The van der Waals surface area contributed by atoms with Gasteiger partial charge >= 0.3 is 0 Å². The summed E-state index contributed by atoms with van der Waals surface area (Å²) < 4.78 is 44.6. The van der Waals surface area contributed by atoms with E-state index in [1.54, 1.807) is 29.6 Å². The van der Waals surface area contributed by atoms with Crippen LogP contribution >= 0.6 is 0 Å². The molecule has 0 spiro atoms. The van der Waals surface area contributed by atoms with Crippen LogP contribution in [0.25, 0.3) is 0 Å². The molecule has 0 radical (unpaired) electrons.